The van der Waals surface area contributed by atoms with Crippen LogP contribution in [-0.4, -0.2) is 45.3 Å². The Hall–Kier alpha value is -2.67. The normalized spacial score (nSPS) is 20.2. The highest BCUT2D eigenvalue weighted by atomic mass is 35.5. The number of phenols is 1. The summed E-state index contributed by atoms with van der Waals surface area (Å²) >= 11 is 5.97. The smallest absolute Gasteiger partial charge is 0.223 e. The predicted octanol–water partition coefficient (Wildman–Crippen LogP) is 3.66. The molecule has 0 aliphatic carbocycles. The molecule has 3 aromatic rings. The molecule has 4 heterocycles. The van der Waals surface area contributed by atoms with E-state index in [0.29, 0.717) is 29.7 Å². The van der Waals surface area contributed by atoms with Crippen molar-refractivity contribution < 1.29 is 5.11 Å². The number of fused-ring (bicyclic) bond motifs is 1. The molecule has 1 aromatic heterocycles. The van der Waals surface area contributed by atoms with Gasteiger partial charge in [0.1, 0.15) is 5.75 Å². The number of benzene rings is 2. The van der Waals surface area contributed by atoms with Gasteiger partial charge in [-0.15, -0.1) is 0 Å². The Bertz CT molecular complexity index is 1050. The summed E-state index contributed by atoms with van der Waals surface area (Å²) in [5, 5.41) is 16.7. The third-order valence-corrected chi connectivity index (χ3v) is 6.11. The monoisotopic (exact) mass is 421 g/mol. The molecule has 3 fully saturated rings. The van der Waals surface area contributed by atoms with Crippen molar-refractivity contribution in [2.45, 2.75) is 31.6 Å². The molecule has 154 valence electrons. The molecule has 0 saturated carbocycles. The second-order valence-corrected chi connectivity index (χ2v) is 8.38. The zero-order valence-corrected chi connectivity index (χ0v) is 17.3. The van der Waals surface area contributed by atoms with E-state index in [1.807, 2.05) is 12.1 Å². The highest BCUT2D eigenvalue weighted by Gasteiger charge is 2.41. The van der Waals surface area contributed by atoms with Crippen LogP contribution in [0.15, 0.2) is 54.7 Å². The fraction of sp³-hybridized carbons (Fsp3) is 0.304. The average Bonchev–Trinajstić information content (AvgIpc) is 3.31. The maximum Gasteiger partial charge on any atom is 0.223 e. The number of halogens is 1. The molecule has 3 saturated heterocycles. The molecule has 2 atom stereocenters. The molecule has 0 amide bonds. The van der Waals surface area contributed by atoms with Crippen molar-refractivity contribution in [3.8, 4) is 17.0 Å². The molecule has 0 radical (unpaired) electrons. The summed E-state index contributed by atoms with van der Waals surface area (Å²) in [6.07, 6.45) is 4.37. The highest BCUT2D eigenvalue weighted by Crippen LogP contribution is 2.28. The van der Waals surface area contributed by atoms with Crippen molar-refractivity contribution in [1.82, 2.24) is 20.2 Å². The lowest BCUT2D eigenvalue weighted by atomic mass is 10.1. The van der Waals surface area contributed by atoms with Crippen LogP contribution in [0.2, 0.25) is 5.02 Å². The zero-order valence-electron chi connectivity index (χ0n) is 16.6. The Kier molecular flexibility index (Phi) is 5.29. The van der Waals surface area contributed by atoms with Gasteiger partial charge < -0.3 is 10.4 Å². The van der Waals surface area contributed by atoms with Crippen molar-refractivity contribution in [3.05, 3.63) is 70.9 Å². The summed E-state index contributed by atoms with van der Waals surface area (Å²) in [4.78, 5) is 11.5. The highest BCUT2D eigenvalue weighted by molar-refractivity contribution is 6.32. The first-order valence-corrected chi connectivity index (χ1v) is 10.7. The molecule has 30 heavy (non-hydrogen) atoms. The van der Waals surface area contributed by atoms with Crippen LogP contribution in [0, 0.1) is 0 Å². The number of nitrogens with zero attached hydrogens (tertiary/aromatic N) is 3. The molecule has 3 aliphatic rings. The van der Waals surface area contributed by atoms with Crippen molar-refractivity contribution in [1.29, 1.82) is 0 Å². The van der Waals surface area contributed by atoms with E-state index in [9.17, 15) is 5.11 Å². The van der Waals surface area contributed by atoms with E-state index >= 15 is 0 Å². The van der Waals surface area contributed by atoms with E-state index < -0.39 is 0 Å². The first kappa shape index (κ1) is 19.3. The Labute approximate surface area is 180 Å². The topological polar surface area (TPSA) is 73.3 Å². The minimum absolute atomic E-state index is 0.101. The van der Waals surface area contributed by atoms with Gasteiger partial charge in [-0.25, -0.2) is 9.97 Å². The van der Waals surface area contributed by atoms with E-state index in [4.69, 9.17) is 11.6 Å². The molecule has 6 nitrogen and oxygen atoms in total. The van der Waals surface area contributed by atoms with Crippen LogP contribution in [-0.2, 0) is 13.0 Å². The molecule has 0 spiro atoms. The van der Waals surface area contributed by atoms with Gasteiger partial charge in [0.2, 0.25) is 5.95 Å². The summed E-state index contributed by atoms with van der Waals surface area (Å²) in [6, 6.07) is 16.5. The lowest BCUT2D eigenvalue weighted by Gasteiger charge is -2.27. The summed E-state index contributed by atoms with van der Waals surface area (Å²) in [6.45, 7) is 2.78. The van der Waals surface area contributed by atoms with Crippen LogP contribution in [0.4, 0.5) is 5.95 Å². The summed E-state index contributed by atoms with van der Waals surface area (Å²) < 4.78 is 0. The van der Waals surface area contributed by atoms with Gasteiger partial charge in [0.15, 0.2) is 0 Å². The summed E-state index contributed by atoms with van der Waals surface area (Å²) in [7, 11) is 0. The SMILES string of the molecule is Oc1ccc(CCNc2nccc(-c3cccc(CN4CC5CC4N5)c3)n2)cc1Cl. The standard InChI is InChI=1S/C23H24ClN5O/c24-19-11-15(4-5-21(19)30)6-8-25-23-26-9-7-20(28-23)17-3-1-2-16(10-17)13-29-14-18-12-22(29)27-18/h1-5,7,9-11,18,22,27,30H,6,8,12-14H2,(H,25,26,28). The molecule has 6 rings (SSSR count). The fourth-order valence-electron chi connectivity index (χ4n) is 4.18. The Morgan fingerprint density at radius 3 is 2.87 bits per heavy atom. The van der Waals surface area contributed by atoms with Gasteiger partial charge in [0, 0.05) is 37.4 Å². The Morgan fingerprint density at radius 2 is 2.07 bits per heavy atom. The van der Waals surface area contributed by atoms with Gasteiger partial charge in [-0.3, -0.25) is 10.2 Å². The quantitative estimate of drug-likeness (QED) is 0.540. The lowest BCUT2D eigenvalue weighted by Crippen LogP contribution is -2.47. The predicted molar refractivity (Wildman–Crippen MR) is 119 cm³/mol. The number of hydrogen-bond donors (Lipinski definition) is 3. The maximum atomic E-state index is 9.53. The average molecular weight is 422 g/mol. The number of nitrogens with one attached hydrogen (secondary N) is 2. The van der Waals surface area contributed by atoms with Crippen LogP contribution >= 0.6 is 11.6 Å². The van der Waals surface area contributed by atoms with Crippen LogP contribution in [0.1, 0.15) is 17.5 Å². The molecule has 2 bridgehead atoms. The van der Waals surface area contributed by atoms with Crippen molar-refractivity contribution >= 4 is 17.5 Å². The van der Waals surface area contributed by atoms with Crippen LogP contribution in [0.5, 0.6) is 5.75 Å². The van der Waals surface area contributed by atoms with E-state index in [2.05, 4.69) is 49.8 Å². The van der Waals surface area contributed by atoms with Gasteiger partial charge in [-0.1, -0.05) is 35.9 Å². The maximum absolute atomic E-state index is 9.53. The van der Waals surface area contributed by atoms with Gasteiger partial charge in [0.25, 0.3) is 0 Å². The molecular weight excluding hydrogens is 398 g/mol. The van der Waals surface area contributed by atoms with Crippen molar-refractivity contribution in [2.24, 2.45) is 0 Å². The van der Waals surface area contributed by atoms with Crippen LogP contribution in [0.25, 0.3) is 11.3 Å². The number of aromatic nitrogens is 2. The summed E-state index contributed by atoms with van der Waals surface area (Å²) in [5.41, 5.74) is 4.36. The number of rotatable bonds is 7. The van der Waals surface area contributed by atoms with Gasteiger partial charge in [-0.2, -0.15) is 0 Å². The second-order valence-electron chi connectivity index (χ2n) is 7.97. The minimum atomic E-state index is 0.101. The van der Waals surface area contributed by atoms with Gasteiger partial charge >= 0.3 is 0 Å². The number of anilines is 1. The Morgan fingerprint density at radius 1 is 1.17 bits per heavy atom. The third-order valence-electron chi connectivity index (χ3n) is 5.80. The van der Waals surface area contributed by atoms with Crippen LogP contribution in [0.3, 0.4) is 0 Å². The minimum Gasteiger partial charge on any atom is -0.506 e. The largest absolute Gasteiger partial charge is 0.506 e. The molecule has 3 aliphatic heterocycles. The number of hydrogen-bond acceptors (Lipinski definition) is 6. The van der Waals surface area contributed by atoms with Gasteiger partial charge in [0.05, 0.1) is 16.9 Å². The van der Waals surface area contributed by atoms with Gasteiger partial charge in [-0.05, 0) is 48.2 Å². The summed E-state index contributed by atoms with van der Waals surface area (Å²) in [5.74, 6) is 0.705. The van der Waals surface area contributed by atoms with E-state index in [-0.39, 0.29) is 5.75 Å². The van der Waals surface area contributed by atoms with E-state index in [0.717, 1.165) is 36.3 Å². The first-order chi connectivity index (χ1) is 14.6. The molecule has 3 N–H and O–H groups in total. The van der Waals surface area contributed by atoms with Crippen molar-refractivity contribution in [2.75, 3.05) is 18.4 Å². The van der Waals surface area contributed by atoms with Crippen molar-refractivity contribution in [3.63, 3.8) is 0 Å². The Balaban J connectivity index is 1.23. The molecule has 7 heteroatoms. The number of phenolic OH excluding ortho intramolecular Hbond substituents is 1. The molecular formula is C23H24ClN5O. The third kappa shape index (κ3) is 4.12. The molecule has 2 aromatic carbocycles. The van der Waals surface area contributed by atoms with Crippen LogP contribution < -0.4 is 10.6 Å². The van der Waals surface area contributed by atoms with E-state index in [1.165, 1.54) is 12.0 Å². The lowest BCUT2D eigenvalue weighted by molar-refractivity contribution is 0.215. The molecule has 2 unspecified atom stereocenters. The van der Waals surface area contributed by atoms with E-state index in [1.54, 1.807) is 18.3 Å². The first-order valence-electron chi connectivity index (χ1n) is 10.3. The zero-order chi connectivity index (χ0) is 20.5. The fourth-order valence-corrected chi connectivity index (χ4v) is 4.38. The number of aromatic hydroxyl groups is 1. The second kappa shape index (κ2) is 8.22.